The number of nitrogens with zero attached hydrogens (tertiary/aromatic N) is 1. The number of aliphatic hydroxyl groups is 1. The molecule has 0 radical (unpaired) electrons. The number of ether oxygens (including phenoxy) is 1. The molecule has 1 aromatic rings. The van der Waals surface area contributed by atoms with Crippen molar-refractivity contribution in [2.45, 2.75) is 32.7 Å². The molecule has 1 atom stereocenters. The third kappa shape index (κ3) is 2.50. The van der Waals surface area contributed by atoms with Crippen molar-refractivity contribution in [1.29, 1.82) is 0 Å². The van der Waals surface area contributed by atoms with Crippen molar-refractivity contribution in [3.05, 3.63) is 47.2 Å². The molecule has 23 heavy (non-hydrogen) atoms. The van der Waals surface area contributed by atoms with Gasteiger partial charge in [-0.1, -0.05) is 51.1 Å². The Morgan fingerprint density at radius 1 is 1.26 bits per heavy atom. The van der Waals surface area contributed by atoms with Gasteiger partial charge in [0.25, 0.3) is 5.91 Å². The fourth-order valence-corrected chi connectivity index (χ4v) is 3.43. The summed E-state index contributed by atoms with van der Waals surface area (Å²) in [6.45, 7) is 6.04. The highest BCUT2D eigenvalue weighted by molar-refractivity contribution is 6.17. The molecule has 0 aromatic heterocycles. The minimum Gasteiger partial charge on any atom is -0.511 e. The van der Waals surface area contributed by atoms with Gasteiger partial charge in [0.1, 0.15) is 5.76 Å². The zero-order valence-corrected chi connectivity index (χ0v) is 14.2. The predicted octanol–water partition coefficient (Wildman–Crippen LogP) is 2.78. The van der Waals surface area contributed by atoms with Crippen LogP contribution < -0.4 is 0 Å². The standard InChI is InChI=1S/C18H23NO4/c1-17(2,3)18(12-9-7-6-8-10-12)11-13(20)14(16(22)23-5)15(21)19(18)4/h6-10,20H,11H2,1-5H3. The zero-order chi connectivity index (χ0) is 17.4. The highest BCUT2D eigenvalue weighted by Crippen LogP contribution is 2.50. The summed E-state index contributed by atoms with van der Waals surface area (Å²) in [5.41, 5.74) is -0.494. The first kappa shape index (κ1) is 17.1. The molecule has 2 rings (SSSR count). The molecule has 5 nitrogen and oxygen atoms in total. The third-order valence-corrected chi connectivity index (χ3v) is 4.68. The number of rotatable bonds is 2. The van der Waals surface area contributed by atoms with Crippen LogP contribution in [0.1, 0.15) is 32.8 Å². The van der Waals surface area contributed by atoms with E-state index in [-0.39, 0.29) is 23.2 Å². The van der Waals surface area contributed by atoms with Crippen LogP contribution in [0.25, 0.3) is 0 Å². The van der Waals surface area contributed by atoms with Crippen LogP contribution in [-0.4, -0.2) is 36.0 Å². The summed E-state index contributed by atoms with van der Waals surface area (Å²) in [4.78, 5) is 26.2. The van der Waals surface area contributed by atoms with Crippen LogP contribution in [0.15, 0.2) is 41.7 Å². The average molecular weight is 317 g/mol. The monoisotopic (exact) mass is 317 g/mol. The summed E-state index contributed by atoms with van der Waals surface area (Å²) >= 11 is 0. The number of benzene rings is 1. The van der Waals surface area contributed by atoms with Crippen LogP contribution in [0.3, 0.4) is 0 Å². The van der Waals surface area contributed by atoms with E-state index in [0.717, 1.165) is 5.56 Å². The number of likely N-dealkylation sites (N-methyl/N-ethyl adjacent to an activating group) is 1. The van der Waals surface area contributed by atoms with E-state index in [0.29, 0.717) is 0 Å². The minimum absolute atomic E-state index is 0.160. The molecule has 1 aliphatic heterocycles. The van der Waals surface area contributed by atoms with Gasteiger partial charge in [-0.15, -0.1) is 0 Å². The summed E-state index contributed by atoms with van der Waals surface area (Å²) in [5.74, 6) is -1.56. The van der Waals surface area contributed by atoms with Crippen LogP contribution in [0.4, 0.5) is 0 Å². The minimum atomic E-state index is -0.810. The Morgan fingerprint density at radius 2 is 1.83 bits per heavy atom. The van der Waals surface area contributed by atoms with E-state index in [1.807, 2.05) is 51.1 Å². The lowest BCUT2D eigenvalue weighted by Gasteiger charge is -2.53. The Morgan fingerprint density at radius 3 is 2.30 bits per heavy atom. The maximum atomic E-state index is 12.8. The molecule has 0 saturated carbocycles. The number of hydrogen-bond acceptors (Lipinski definition) is 4. The molecule has 1 N–H and O–H groups in total. The molecule has 0 aliphatic carbocycles. The molecule has 124 valence electrons. The van der Waals surface area contributed by atoms with Gasteiger partial charge in [0.2, 0.25) is 0 Å². The predicted molar refractivity (Wildman–Crippen MR) is 86.6 cm³/mol. The van der Waals surface area contributed by atoms with E-state index >= 15 is 0 Å². The largest absolute Gasteiger partial charge is 0.511 e. The van der Waals surface area contributed by atoms with E-state index in [1.165, 1.54) is 7.11 Å². The molecule has 1 amide bonds. The molecule has 1 heterocycles. The lowest BCUT2D eigenvalue weighted by molar-refractivity contribution is -0.147. The summed E-state index contributed by atoms with van der Waals surface area (Å²) in [6.07, 6.45) is 0.160. The van der Waals surface area contributed by atoms with Crippen molar-refractivity contribution >= 4 is 11.9 Å². The van der Waals surface area contributed by atoms with E-state index in [2.05, 4.69) is 4.74 Å². The average Bonchev–Trinajstić information content (AvgIpc) is 2.50. The van der Waals surface area contributed by atoms with Crippen molar-refractivity contribution in [2.24, 2.45) is 5.41 Å². The fourth-order valence-electron chi connectivity index (χ4n) is 3.43. The Hall–Kier alpha value is -2.30. The van der Waals surface area contributed by atoms with Gasteiger partial charge < -0.3 is 14.7 Å². The number of carbonyl (C=O) groups excluding carboxylic acids is 2. The quantitative estimate of drug-likeness (QED) is 0.673. The second-order valence-corrected chi connectivity index (χ2v) is 6.83. The molecular formula is C18H23NO4. The summed E-state index contributed by atoms with van der Waals surface area (Å²) in [6, 6.07) is 9.58. The van der Waals surface area contributed by atoms with Gasteiger partial charge in [-0.25, -0.2) is 4.79 Å². The lowest BCUT2D eigenvalue weighted by Crippen LogP contribution is -2.58. The van der Waals surface area contributed by atoms with Crippen molar-refractivity contribution in [1.82, 2.24) is 4.90 Å². The number of carbonyl (C=O) groups is 2. The van der Waals surface area contributed by atoms with Gasteiger partial charge in [-0.3, -0.25) is 4.79 Å². The van der Waals surface area contributed by atoms with Crippen LogP contribution in [-0.2, 0) is 19.9 Å². The topological polar surface area (TPSA) is 66.8 Å². The summed E-state index contributed by atoms with van der Waals surface area (Å²) < 4.78 is 4.63. The number of aliphatic hydroxyl groups excluding tert-OH is 1. The van der Waals surface area contributed by atoms with Crippen LogP contribution in [0, 0.1) is 5.41 Å². The molecular weight excluding hydrogens is 294 g/mol. The Bertz CT molecular complexity index is 657. The number of hydrogen-bond donors (Lipinski definition) is 1. The molecule has 0 fully saturated rings. The summed E-state index contributed by atoms with van der Waals surface area (Å²) in [7, 11) is 2.86. The molecule has 0 spiro atoms. The molecule has 5 heteroatoms. The first-order chi connectivity index (χ1) is 10.7. The molecule has 1 unspecified atom stereocenters. The van der Waals surface area contributed by atoms with Crippen molar-refractivity contribution in [3.63, 3.8) is 0 Å². The SMILES string of the molecule is COC(=O)C1=C(O)CC(c2ccccc2)(C(C)(C)C)N(C)C1=O. The zero-order valence-electron chi connectivity index (χ0n) is 14.2. The van der Waals surface area contributed by atoms with E-state index in [9.17, 15) is 14.7 Å². The van der Waals surface area contributed by atoms with Crippen LogP contribution in [0.5, 0.6) is 0 Å². The van der Waals surface area contributed by atoms with Gasteiger partial charge in [0.15, 0.2) is 5.57 Å². The Balaban J connectivity index is 2.70. The van der Waals surface area contributed by atoms with E-state index < -0.39 is 17.4 Å². The van der Waals surface area contributed by atoms with Gasteiger partial charge in [0, 0.05) is 13.5 Å². The lowest BCUT2D eigenvalue weighted by atomic mass is 9.64. The molecule has 0 saturated heterocycles. The number of esters is 1. The number of amides is 1. The molecule has 1 aliphatic rings. The normalized spacial score (nSPS) is 22.3. The van der Waals surface area contributed by atoms with Crippen molar-refractivity contribution in [3.8, 4) is 0 Å². The Labute approximate surface area is 136 Å². The highest BCUT2D eigenvalue weighted by Gasteiger charge is 2.54. The molecule has 0 bridgehead atoms. The maximum absolute atomic E-state index is 12.8. The highest BCUT2D eigenvalue weighted by atomic mass is 16.5. The van der Waals surface area contributed by atoms with Gasteiger partial charge >= 0.3 is 5.97 Å². The van der Waals surface area contributed by atoms with Gasteiger partial charge in [0.05, 0.1) is 12.6 Å². The Kier molecular flexibility index (Phi) is 4.24. The number of methoxy groups -OCH3 is 1. The first-order valence-electron chi connectivity index (χ1n) is 7.51. The maximum Gasteiger partial charge on any atom is 0.346 e. The molecule has 1 aromatic carbocycles. The van der Waals surface area contributed by atoms with E-state index in [4.69, 9.17) is 0 Å². The second kappa shape index (κ2) is 5.72. The van der Waals surface area contributed by atoms with Crippen molar-refractivity contribution in [2.75, 3.05) is 14.2 Å². The smallest absolute Gasteiger partial charge is 0.346 e. The van der Waals surface area contributed by atoms with Gasteiger partial charge in [-0.2, -0.15) is 0 Å². The second-order valence-electron chi connectivity index (χ2n) is 6.83. The first-order valence-corrected chi connectivity index (χ1v) is 7.51. The third-order valence-electron chi connectivity index (χ3n) is 4.68. The van der Waals surface area contributed by atoms with Crippen LogP contribution in [0.2, 0.25) is 0 Å². The summed E-state index contributed by atoms with van der Waals surface area (Å²) in [5, 5.41) is 10.5. The van der Waals surface area contributed by atoms with Crippen LogP contribution >= 0.6 is 0 Å². The fraction of sp³-hybridized carbons (Fsp3) is 0.444. The van der Waals surface area contributed by atoms with Crippen molar-refractivity contribution < 1.29 is 19.4 Å². The van der Waals surface area contributed by atoms with E-state index in [1.54, 1.807) is 11.9 Å². The van der Waals surface area contributed by atoms with Gasteiger partial charge in [-0.05, 0) is 11.0 Å².